The van der Waals surface area contributed by atoms with Crippen LogP contribution in [0.3, 0.4) is 0 Å². The molecule has 1 aliphatic rings. The summed E-state index contributed by atoms with van der Waals surface area (Å²) in [6.45, 7) is 0.265. The van der Waals surface area contributed by atoms with Crippen LogP contribution in [0.2, 0.25) is 0 Å². The van der Waals surface area contributed by atoms with Gasteiger partial charge in [-0.2, -0.15) is 0 Å². The first-order valence-corrected chi connectivity index (χ1v) is 6.94. The van der Waals surface area contributed by atoms with Gasteiger partial charge in [-0.05, 0) is 49.2 Å². The van der Waals surface area contributed by atoms with Gasteiger partial charge in [0.2, 0.25) is 0 Å². The van der Waals surface area contributed by atoms with Gasteiger partial charge in [0.25, 0.3) is 0 Å². The molecule has 1 N–H and O–H groups in total. The molecule has 0 spiro atoms. The van der Waals surface area contributed by atoms with Crippen molar-refractivity contribution < 1.29 is 9.13 Å². The Balaban J connectivity index is 1.72. The van der Waals surface area contributed by atoms with Crippen LogP contribution >= 0.6 is 0 Å². The molecule has 20 heavy (non-hydrogen) atoms. The number of aryl methyl sites for hydroxylation is 1. The Kier molecular flexibility index (Phi) is 3.70. The van der Waals surface area contributed by atoms with Gasteiger partial charge in [-0.25, -0.2) is 4.39 Å². The maximum absolute atomic E-state index is 13.5. The lowest BCUT2D eigenvalue weighted by molar-refractivity contribution is 0.299. The van der Waals surface area contributed by atoms with Gasteiger partial charge in [0.15, 0.2) is 0 Å². The predicted molar refractivity (Wildman–Crippen MR) is 77.3 cm³/mol. The summed E-state index contributed by atoms with van der Waals surface area (Å²) in [5.74, 6) is 0.590. The summed E-state index contributed by atoms with van der Waals surface area (Å²) in [7, 11) is 1.99. The first-order chi connectivity index (χ1) is 9.78. The largest absolute Gasteiger partial charge is 0.489 e. The molecule has 1 atom stereocenters. The average Bonchev–Trinajstić information content (AvgIpc) is 2.88. The van der Waals surface area contributed by atoms with E-state index in [0.717, 1.165) is 18.6 Å². The van der Waals surface area contributed by atoms with Crippen molar-refractivity contribution in [3.05, 3.63) is 65.0 Å². The minimum Gasteiger partial charge on any atom is -0.489 e. The highest BCUT2D eigenvalue weighted by molar-refractivity contribution is 5.40. The SMILES string of the molecule is CNC1CCc2cc(OCc3ccccc3F)ccc21. The number of hydrogen-bond donors (Lipinski definition) is 1. The topological polar surface area (TPSA) is 21.3 Å². The number of nitrogens with one attached hydrogen (secondary N) is 1. The second-order valence-electron chi connectivity index (χ2n) is 5.12. The zero-order valence-electron chi connectivity index (χ0n) is 11.5. The lowest BCUT2D eigenvalue weighted by Gasteiger charge is -2.11. The van der Waals surface area contributed by atoms with Gasteiger partial charge < -0.3 is 10.1 Å². The maximum atomic E-state index is 13.5. The van der Waals surface area contributed by atoms with Gasteiger partial charge in [0.05, 0.1) is 0 Å². The highest BCUT2D eigenvalue weighted by atomic mass is 19.1. The van der Waals surface area contributed by atoms with Crippen LogP contribution in [-0.2, 0) is 13.0 Å². The second-order valence-corrected chi connectivity index (χ2v) is 5.12. The summed E-state index contributed by atoms with van der Waals surface area (Å²) in [6, 6.07) is 13.3. The molecule has 3 heteroatoms. The molecule has 0 heterocycles. The molecule has 0 bridgehead atoms. The number of ether oxygens (including phenoxy) is 1. The summed E-state index contributed by atoms with van der Waals surface area (Å²) in [4.78, 5) is 0. The summed E-state index contributed by atoms with van der Waals surface area (Å²) < 4.78 is 19.2. The van der Waals surface area contributed by atoms with Crippen molar-refractivity contribution in [1.29, 1.82) is 0 Å². The van der Waals surface area contributed by atoms with E-state index in [1.54, 1.807) is 12.1 Å². The van der Waals surface area contributed by atoms with Gasteiger partial charge >= 0.3 is 0 Å². The Labute approximate surface area is 118 Å². The summed E-state index contributed by atoms with van der Waals surface area (Å²) in [5.41, 5.74) is 3.27. The van der Waals surface area contributed by atoms with E-state index in [-0.39, 0.29) is 12.4 Å². The molecule has 2 nitrogen and oxygen atoms in total. The van der Waals surface area contributed by atoms with E-state index in [1.807, 2.05) is 19.2 Å². The molecule has 0 aromatic heterocycles. The van der Waals surface area contributed by atoms with Crippen LogP contribution in [0.5, 0.6) is 5.75 Å². The number of fused-ring (bicyclic) bond motifs is 1. The van der Waals surface area contributed by atoms with Crippen molar-refractivity contribution in [3.8, 4) is 5.75 Å². The van der Waals surface area contributed by atoms with Crippen molar-refractivity contribution in [2.24, 2.45) is 0 Å². The molecule has 0 saturated heterocycles. The van der Waals surface area contributed by atoms with Crippen LogP contribution in [0, 0.1) is 5.82 Å². The van der Waals surface area contributed by atoms with Crippen molar-refractivity contribution in [2.45, 2.75) is 25.5 Å². The lowest BCUT2D eigenvalue weighted by Crippen LogP contribution is -2.12. The standard InChI is InChI=1S/C17H18FNO/c1-19-17-9-6-12-10-14(7-8-15(12)17)20-11-13-4-2-3-5-16(13)18/h2-5,7-8,10,17,19H,6,9,11H2,1H3. The molecule has 1 unspecified atom stereocenters. The Morgan fingerprint density at radius 3 is 2.90 bits per heavy atom. The zero-order valence-corrected chi connectivity index (χ0v) is 11.5. The number of rotatable bonds is 4. The van der Waals surface area contributed by atoms with Crippen LogP contribution < -0.4 is 10.1 Å². The van der Waals surface area contributed by atoms with E-state index in [9.17, 15) is 4.39 Å². The van der Waals surface area contributed by atoms with E-state index < -0.39 is 0 Å². The molecule has 1 aliphatic carbocycles. The fraction of sp³-hybridized carbons (Fsp3) is 0.294. The molecular formula is C17H18FNO. The van der Waals surface area contributed by atoms with Crippen molar-refractivity contribution in [3.63, 3.8) is 0 Å². The number of benzene rings is 2. The molecule has 0 fully saturated rings. The minimum absolute atomic E-state index is 0.219. The van der Waals surface area contributed by atoms with Crippen LogP contribution in [0.25, 0.3) is 0 Å². The summed E-state index contributed by atoms with van der Waals surface area (Å²) in [6.07, 6.45) is 2.19. The van der Waals surface area contributed by atoms with E-state index >= 15 is 0 Å². The van der Waals surface area contributed by atoms with Crippen molar-refractivity contribution in [1.82, 2.24) is 5.32 Å². The van der Waals surface area contributed by atoms with Gasteiger partial charge in [-0.15, -0.1) is 0 Å². The quantitative estimate of drug-likeness (QED) is 0.917. The van der Waals surface area contributed by atoms with Gasteiger partial charge in [0.1, 0.15) is 18.2 Å². The summed E-state index contributed by atoms with van der Waals surface area (Å²) in [5, 5.41) is 3.31. The summed E-state index contributed by atoms with van der Waals surface area (Å²) >= 11 is 0. The predicted octanol–water partition coefficient (Wildman–Crippen LogP) is 3.61. The highest BCUT2D eigenvalue weighted by Crippen LogP contribution is 2.33. The first kappa shape index (κ1) is 13.1. The number of hydrogen-bond acceptors (Lipinski definition) is 2. The third-order valence-corrected chi connectivity index (χ3v) is 3.89. The normalized spacial score (nSPS) is 17.0. The monoisotopic (exact) mass is 271 g/mol. The third kappa shape index (κ3) is 2.54. The minimum atomic E-state index is -0.219. The smallest absolute Gasteiger partial charge is 0.129 e. The van der Waals surface area contributed by atoms with Crippen molar-refractivity contribution >= 4 is 0 Å². The van der Waals surface area contributed by atoms with Crippen LogP contribution in [0.1, 0.15) is 29.2 Å². The molecule has 2 aromatic rings. The Morgan fingerprint density at radius 1 is 1.25 bits per heavy atom. The molecule has 0 saturated carbocycles. The molecule has 2 aromatic carbocycles. The molecule has 104 valence electrons. The highest BCUT2D eigenvalue weighted by Gasteiger charge is 2.21. The van der Waals surface area contributed by atoms with Gasteiger partial charge in [0, 0.05) is 11.6 Å². The lowest BCUT2D eigenvalue weighted by atomic mass is 10.1. The van der Waals surface area contributed by atoms with E-state index in [2.05, 4.69) is 17.4 Å². The fourth-order valence-electron chi connectivity index (χ4n) is 2.76. The molecule has 3 rings (SSSR count). The van der Waals surface area contributed by atoms with E-state index in [1.165, 1.54) is 17.2 Å². The average molecular weight is 271 g/mol. The Morgan fingerprint density at radius 2 is 2.10 bits per heavy atom. The van der Waals surface area contributed by atoms with Gasteiger partial charge in [-0.1, -0.05) is 24.3 Å². The molecular weight excluding hydrogens is 253 g/mol. The fourth-order valence-corrected chi connectivity index (χ4v) is 2.76. The van der Waals surface area contributed by atoms with E-state index in [4.69, 9.17) is 4.74 Å². The van der Waals surface area contributed by atoms with Crippen LogP contribution in [0.15, 0.2) is 42.5 Å². The van der Waals surface area contributed by atoms with Gasteiger partial charge in [-0.3, -0.25) is 0 Å². The first-order valence-electron chi connectivity index (χ1n) is 6.94. The molecule has 0 radical (unpaired) electrons. The Hall–Kier alpha value is -1.87. The maximum Gasteiger partial charge on any atom is 0.129 e. The van der Waals surface area contributed by atoms with E-state index in [0.29, 0.717) is 11.6 Å². The zero-order chi connectivity index (χ0) is 13.9. The van der Waals surface area contributed by atoms with Crippen LogP contribution in [-0.4, -0.2) is 7.05 Å². The number of halogens is 1. The Bertz CT molecular complexity index is 612. The molecule has 0 amide bonds. The van der Waals surface area contributed by atoms with Crippen molar-refractivity contribution in [2.75, 3.05) is 7.05 Å². The second kappa shape index (κ2) is 5.63. The third-order valence-electron chi connectivity index (χ3n) is 3.89. The van der Waals surface area contributed by atoms with Crippen LogP contribution in [0.4, 0.5) is 4.39 Å². The molecule has 0 aliphatic heterocycles.